The van der Waals surface area contributed by atoms with Gasteiger partial charge in [0, 0.05) is 25.3 Å². The van der Waals surface area contributed by atoms with E-state index in [-0.39, 0.29) is 17.0 Å². The molecule has 0 fully saturated rings. The Balaban J connectivity index is 0.000000240. The molecular formula is C30H30O5. The molecule has 35 heavy (non-hydrogen) atoms. The lowest BCUT2D eigenvalue weighted by molar-refractivity contribution is 0.0600. The Morgan fingerprint density at radius 2 is 0.743 bits per heavy atom. The number of methoxy groups -OCH3 is 2. The number of hydrogen-bond acceptors (Lipinski definition) is 4. The molecular weight excluding hydrogens is 440 g/mol. The summed E-state index contributed by atoms with van der Waals surface area (Å²) >= 11 is 0. The topological polar surface area (TPSA) is 84.1 Å². The summed E-state index contributed by atoms with van der Waals surface area (Å²) < 4.78 is 10.6. The van der Waals surface area contributed by atoms with E-state index in [0.717, 1.165) is 11.1 Å². The van der Waals surface area contributed by atoms with Crippen molar-refractivity contribution in [2.24, 2.45) is 0 Å². The van der Waals surface area contributed by atoms with Crippen LogP contribution in [0.25, 0.3) is 0 Å². The van der Waals surface area contributed by atoms with E-state index in [1.54, 1.807) is 38.5 Å². The zero-order valence-corrected chi connectivity index (χ0v) is 19.8. The Labute approximate surface area is 206 Å². The first-order chi connectivity index (χ1) is 16.7. The van der Waals surface area contributed by atoms with Gasteiger partial charge in [-0.25, -0.2) is 0 Å². The average molecular weight is 471 g/mol. The molecule has 4 aromatic rings. The molecule has 0 aromatic heterocycles. The molecule has 0 aliphatic carbocycles. The van der Waals surface area contributed by atoms with Gasteiger partial charge in [0.2, 0.25) is 0 Å². The SMILES string of the molecule is COC(C(=O)c1ccccc1)c1ccccc1.COC(C(=O)c1ccccc1)c1ccccc1.O. The number of ether oxygens (including phenoxy) is 2. The predicted molar refractivity (Wildman–Crippen MR) is 138 cm³/mol. The highest BCUT2D eigenvalue weighted by Crippen LogP contribution is 2.22. The quantitative estimate of drug-likeness (QED) is 0.310. The van der Waals surface area contributed by atoms with Crippen LogP contribution in [0.1, 0.15) is 44.1 Å². The molecule has 0 amide bonds. The fraction of sp³-hybridized carbons (Fsp3) is 0.133. The van der Waals surface area contributed by atoms with E-state index in [9.17, 15) is 9.59 Å². The van der Waals surface area contributed by atoms with Crippen molar-refractivity contribution in [2.75, 3.05) is 14.2 Å². The van der Waals surface area contributed by atoms with Gasteiger partial charge >= 0.3 is 0 Å². The predicted octanol–water partition coefficient (Wildman–Crippen LogP) is 5.69. The number of benzene rings is 4. The smallest absolute Gasteiger partial charge is 0.196 e. The lowest BCUT2D eigenvalue weighted by atomic mass is 10.00. The molecule has 2 N–H and O–H groups in total. The van der Waals surface area contributed by atoms with E-state index in [0.29, 0.717) is 11.1 Å². The van der Waals surface area contributed by atoms with E-state index in [2.05, 4.69) is 0 Å². The maximum absolute atomic E-state index is 12.3. The zero-order valence-electron chi connectivity index (χ0n) is 19.8. The minimum Gasteiger partial charge on any atom is -0.412 e. The van der Waals surface area contributed by atoms with Crippen molar-refractivity contribution in [3.63, 3.8) is 0 Å². The van der Waals surface area contributed by atoms with Crippen LogP contribution < -0.4 is 0 Å². The average Bonchev–Trinajstić information content (AvgIpc) is 2.92. The molecule has 5 heteroatoms. The van der Waals surface area contributed by atoms with Crippen molar-refractivity contribution >= 4 is 11.6 Å². The van der Waals surface area contributed by atoms with Crippen LogP contribution in [-0.2, 0) is 9.47 Å². The van der Waals surface area contributed by atoms with Gasteiger partial charge in [-0.1, -0.05) is 121 Å². The van der Waals surface area contributed by atoms with Crippen molar-refractivity contribution in [1.82, 2.24) is 0 Å². The van der Waals surface area contributed by atoms with Crippen LogP contribution in [0, 0.1) is 0 Å². The summed E-state index contributed by atoms with van der Waals surface area (Å²) in [6.07, 6.45) is -1.06. The van der Waals surface area contributed by atoms with Crippen LogP contribution in [0.3, 0.4) is 0 Å². The molecule has 0 heterocycles. The summed E-state index contributed by atoms with van der Waals surface area (Å²) in [4.78, 5) is 24.5. The molecule has 0 bridgehead atoms. The number of rotatable bonds is 8. The fourth-order valence-corrected chi connectivity index (χ4v) is 3.55. The number of carbonyl (C=O) groups is 2. The summed E-state index contributed by atoms with van der Waals surface area (Å²) in [5.41, 5.74) is 3.10. The van der Waals surface area contributed by atoms with Crippen LogP contribution in [0.5, 0.6) is 0 Å². The third-order valence-electron chi connectivity index (χ3n) is 5.27. The highest BCUT2D eigenvalue weighted by atomic mass is 16.5. The van der Waals surface area contributed by atoms with E-state index >= 15 is 0 Å². The largest absolute Gasteiger partial charge is 0.412 e. The Hall–Kier alpha value is -3.90. The van der Waals surface area contributed by atoms with Crippen LogP contribution in [0.4, 0.5) is 0 Å². The molecule has 2 atom stereocenters. The first-order valence-corrected chi connectivity index (χ1v) is 11.0. The summed E-state index contributed by atoms with van der Waals surface area (Å²) in [5.74, 6) is -0.0291. The van der Waals surface area contributed by atoms with Gasteiger partial charge in [-0.3, -0.25) is 9.59 Å². The molecule has 0 spiro atoms. The second kappa shape index (κ2) is 14.4. The highest BCUT2D eigenvalue weighted by molar-refractivity contribution is 6.00. The molecule has 0 saturated heterocycles. The summed E-state index contributed by atoms with van der Waals surface area (Å²) in [5, 5.41) is 0. The first-order valence-electron chi connectivity index (χ1n) is 11.0. The summed E-state index contributed by atoms with van der Waals surface area (Å²) in [7, 11) is 3.11. The number of hydrogen-bond donors (Lipinski definition) is 0. The Morgan fingerprint density at radius 3 is 1.00 bits per heavy atom. The molecule has 4 rings (SSSR count). The zero-order chi connectivity index (χ0) is 24.2. The minimum absolute atomic E-state index is 0. The number of ketones is 2. The molecule has 0 radical (unpaired) electrons. The molecule has 0 aliphatic heterocycles. The molecule has 2 unspecified atom stereocenters. The van der Waals surface area contributed by atoms with Crippen LogP contribution >= 0.6 is 0 Å². The standard InChI is InChI=1S/2C15H14O2.H2O/c2*1-17-15(13-10-6-3-7-11-13)14(16)12-8-4-2-5-9-12;/h2*2-11,15H,1H3;1H2. The maximum Gasteiger partial charge on any atom is 0.196 e. The molecule has 180 valence electrons. The van der Waals surface area contributed by atoms with E-state index in [1.165, 1.54) is 0 Å². The van der Waals surface area contributed by atoms with Gasteiger partial charge in [0.25, 0.3) is 0 Å². The Kier molecular flexibility index (Phi) is 11.2. The monoisotopic (exact) mass is 470 g/mol. The van der Waals surface area contributed by atoms with Gasteiger partial charge in [-0.05, 0) is 11.1 Å². The van der Waals surface area contributed by atoms with E-state index < -0.39 is 12.2 Å². The van der Waals surface area contributed by atoms with Crippen LogP contribution in [0.2, 0.25) is 0 Å². The van der Waals surface area contributed by atoms with Gasteiger partial charge in [-0.15, -0.1) is 0 Å². The molecule has 5 nitrogen and oxygen atoms in total. The normalized spacial score (nSPS) is 11.7. The lowest BCUT2D eigenvalue weighted by Gasteiger charge is -2.14. The van der Waals surface area contributed by atoms with Gasteiger partial charge < -0.3 is 14.9 Å². The second-order valence-corrected chi connectivity index (χ2v) is 7.51. The number of Topliss-reactive ketones (excluding diaryl/α,β-unsaturated/α-hetero) is 2. The van der Waals surface area contributed by atoms with Crippen LogP contribution in [0.15, 0.2) is 121 Å². The van der Waals surface area contributed by atoms with Crippen molar-refractivity contribution in [2.45, 2.75) is 12.2 Å². The molecule has 0 saturated carbocycles. The lowest BCUT2D eigenvalue weighted by Crippen LogP contribution is -2.14. The van der Waals surface area contributed by atoms with Gasteiger partial charge in [0.1, 0.15) is 12.2 Å². The van der Waals surface area contributed by atoms with Crippen molar-refractivity contribution in [3.05, 3.63) is 144 Å². The van der Waals surface area contributed by atoms with Crippen molar-refractivity contribution in [1.29, 1.82) is 0 Å². The van der Waals surface area contributed by atoms with E-state index in [4.69, 9.17) is 9.47 Å². The van der Waals surface area contributed by atoms with Crippen molar-refractivity contribution < 1.29 is 24.5 Å². The summed E-state index contributed by atoms with van der Waals surface area (Å²) in [6, 6.07) is 37.4. The third kappa shape index (κ3) is 7.55. The van der Waals surface area contributed by atoms with E-state index in [1.807, 2.05) is 97.1 Å². The third-order valence-corrected chi connectivity index (χ3v) is 5.27. The first kappa shape index (κ1) is 27.3. The second-order valence-electron chi connectivity index (χ2n) is 7.51. The number of carbonyl (C=O) groups excluding carboxylic acids is 2. The Bertz CT molecular complexity index is 1050. The fourth-order valence-electron chi connectivity index (χ4n) is 3.55. The van der Waals surface area contributed by atoms with Gasteiger partial charge in [-0.2, -0.15) is 0 Å². The molecule has 0 aliphatic rings. The van der Waals surface area contributed by atoms with Gasteiger partial charge in [0.15, 0.2) is 11.6 Å². The summed E-state index contributed by atoms with van der Waals surface area (Å²) in [6.45, 7) is 0. The van der Waals surface area contributed by atoms with Gasteiger partial charge in [0.05, 0.1) is 0 Å². The van der Waals surface area contributed by atoms with Crippen molar-refractivity contribution in [3.8, 4) is 0 Å². The minimum atomic E-state index is -0.529. The maximum atomic E-state index is 12.3. The van der Waals surface area contributed by atoms with Crippen LogP contribution in [-0.4, -0.2) is 31.3 Å². The highest BCUT2D eigenvalue weighted by Gasteiger charge is 2.21. The molecule has 4 aromatic carbocycles. The Morgan fingerprint density at radius 1 is 0.486 bits per heavy atom.